The van der Waals surface area contributed by atoms with Crippen LogP contribution >= 0.6 is 11.3 Å². The van der Waals surface area contributed by atoms with Gasteiger partial charge in [0.15, 0.2) is 0 Å². The average Bonchev–Trinajstić information content (AvgIpc) is 3.30. The SMILES string of the molecule is C=CCNC(=O)c1cn(C(C)CC)cc(C(=O)N2CCN(Cc3cccs3)CC2)c1=O. The van der Waals surface area contributed by atoms with Gasteiger partial charge in [-0.2, -0.15) is 0 Å². The fourth-order valence-electron chi connectivity index (χ4n) is 3.54. The van der Waals surface area contributed by atoms with Crippen LogP contribution in [0.2, 0.25) is 0 Å². The second-order valence-corrected chi connectivity index (χ2v) is 8.80. The normalized spacial score (nSPS) is 15.5. The Hall–Kier alpha value is -2.71. The summed E-state index contributed by atoms with van der Waals surface area (Å²) in [6, 6.07) is 4.21. The highest BCUT2D eigenvalue weighted by Gasteiger charge is 2.27. The van der Waals surface area contributed by atoms with Crippen molar-refractivity contribution in [2.75, 3.05) is 32.7 Å². The number of carbonyl (C=O) groups excluding carboxylic acids is 2. The number of nitrogens with one attached hydrogen (secondary N) is 1. The molecule has 0 aliphatic carbocycles. The molecule has 0 radical (unpaired) electrons. The summed E-state index contributed by atoms with van der Waals surface area (Å²) in [6.45, 7) is 11.3. The van der Waals surface area contributed by atoms with Crippen molar-refractivity contribution in [1.82, 2.24) is 19.7 Å². The Kier molecular flexibility index (Phi) is 7.81. The van der Waals surface area contributed by atoms with Crippen LogP contribution in [0.4, 0.5) is 0 Å². The highest BCUT2D eigenvalue weighted by atomic mass is 32.1. The van der Waals surface area contributed by atoms with Crippen molar-refractivity contribution in [3.63, 3.8) is 0 Å². The van der Waals surface area contributed by atoms with Crippen LogP contribution in [0.15, 0.2) is 47.4 Å². The van der Waals surface area contributed by atoms with E-state index in [1.54, 1.807) is 39.3 Å². The number of amides is 2. The lowest BCUT2D eigenvalue weighted by molar-refractivity contribution is 0.0627. The number of hydrogen-bond acceptors (Lipinski definition) is 5. The summed E-state index contributed by atoms with van der Waals surface area (Å²) in [7, 11) is 0. The smallest absolute Gasteiger partial charge is 0.259 e. The van der Waals surface area contributed by atoms with Crippen molar-refractivity contribution in [2.45, 2.75) is 32.9 Å². The molecule has 1 saturated heterocycles. The zero-order chi connectivity index (χ0) is 22.4. The third-order valence-electron chi connectivity index (χ3n) is 5.65. The van der Waals surface area contributed by atoms with E-state index in [9.17, 15) is 14.4 Å². The molecule has 1 N–H and O–H groups in total. The standard InChI is InChI=1S/C23H30N4O3S/c1-4-8-24-22(29)19-15-27(17(3)5-2)16-20(21(19)28)23(30)26-11-9-25(10-12-26)14-18-7-6-13-31-18/h4,6-7,13,15-17H,1,5,8-12,14H2,2-3H3,(H,24,29). The van der Waals surface area contributed by atoms with Gasteiger partial charge < -0.3 is 14.8 Å². The zero-order valence-corrected chi connectivity index (χ0v) is 19.0. The van der Waals surface area contributed by atoms with Crippen LogP contribution in [0.5, 0.6) is 0 Å². The Morgan fingerprint density at radius 2 is 1.94 bits per heavy atom. The van der Waals surface area contributed by atoms with Crippen LogP contribution in [0, 0.1) is 0 Å². The van der Waals surface area contributed by atoms with Crippen LogP contribution in [0.3, 0.4) is 0 Å². The molecule has 7 nitrogen and oxygen atoms in total. The summed E-state index contributed by atoms with van der Waals surface area (Å²) in [5.74, 6) is -0.798. The van der Waals surface area contributed by atoms with E-state index in [0.29, 0.717) is 13.1 Å². The van der Waals surface area contributed by atoms with Crippen molar-refractivity contribution in [1.29, 1.82) is 0 Å². The molecule has 8 heteroatoms. The molecular weight excluding hydrogens is 412 g/mol. The summed E-state index contributed by atoms with van der Waals surface area (Å²) in [5, 5.41) is 4.71. The van der Waals surface area contributed by atoms with Crippen molar-refractivity contribution in [2.24, 2.45) is 0 Å². The van der Waals surface area contributed by atoms with E-state index in [-0.39, 0.29) is 29.6 Å². The molecule has 3 rings (SSSR count). The molecule has 0 aromatic carbocycles. The maximum Gasteiger partial charge on any atom is 0.259 e. The van der Waals surface area contributed by atoms with Gasteiger partial charge in [-0.3, -0.25) is 19.3 Å². The molecule has 2 aromatic heterocycles. The first-order chi connectivity index (χ1) is 14.9. The quantitative estimate of drug-likeness (QED) is 0.638. The van der Waals surface area contributed by atoms with Gasteiger partial charge in [0.25, 0.3) is 11.8 Å². The summed E-state index contributed by atoms with van der Waals surface area (Å²) >= 11 is 1.73. The largest absolute Gasteiger partial charge is 0.350 e. The van der Waals surface area contributed by atoms with Crippen LogP contribution < -0.4 is 10.7 Å². The Balaban J connectivity index is 1.80. The molecule has 166 valence electrons. The van der Waals surface area contributed by atoms with Gasteiger partial charge in [0, 0.05) is 62.6 Å². The molecular formula is C23H30N4O3S. The lowest BCUT2D eigenvalue weighted by Crippen LogP contribution is -2.49. The van der Waals surface area contributed by atoms with E-state index < -0.39 is 11.3 Å². The number of piperazine rings is 1. The van der Waals surface area contributed by atoms with Crippen LogP contribution in [0.25, 0.3) is 0 Å². The number of rotatable bonds is 8. The molecule has 0 spiro atoms. The number of hydrogen-bond donors (Lipinski definition) is 1. The van der Waals surface area contributed by atoms with Crippen LogP contribution in [0.1, 0.15) is 51.9 Å². The zero-order valence-electron chi connectivity index (χ0n) is 18.2. The summed E-state index contributed by atoms with van der Waals surface area (Å²) in [5.41, 5.74) is -0.477. The second-order valence-electron chi connectivity index (χ2n) is 7.77. The first kappa shape index (κ1) is 23.0. The van der Waals surface area contributed by atoms with E-state index in [4.69, 9.17) is 0 Å². The van der Waals surface area contributed by atoms with Gasteiger partial charge in [-0.15, -0.1) is 17.9 Å². The third kappa shape index (κ3) is 5.51. The molecule has 2 amide bonds. The van der Waals surface area contributed by atoms with Gasteiger partial charge in [-0.05, 0) is 24.8 Å². The summed E-state index contributed by atoms with van der Waals surface area (Å²) in [4.78, 5) is 44.1. The molecule has 1 aliphatic heterocycles. The topological polar surface area (TPSA) is 74.7 Å². The maximum absolute atomic E-state index is 13.2. The highest BCUT2D eigenvalue weighted by molar-refractivity contribution is 7.09. The minimum Gasteiger partial charge on any atom is -0.350 e. The Bertz CT molecular complexity index is 975. The molecule has 1 aliphatic rings. The number of aromatic nitrogens is 1. The van der Waals surface area contributed by atoms with Gasteiger partial charge in [-0.25, -0.2) is 0 Å². The fourth-order valence-corrected chi connectivity index (χ4v) is 4.29. The molecule has 1 unspecified atom stereocenters. The average molecular weight is 443 g/mol. The van der Waals surface area contributed by atoms with Gasteiger partial charge in [0.05, 0.1) is 0 Å². The fraction of sp³-hybridized carbons (Fsp3) is 0.435. The van der Waals surface area contributed by atoms with Gasteiger partial charge in [0.1, 0.15) is 11.1 Å². The number of thiophene rings is 1. The molecule has 0 saturated carbocycles. The second kappa shape index (κ2) is 10.5. The molecule has 0 bridgehead atoms. The van der Waals surface area contributed by atoms with Gasteiger partial charge in [0.2, 0.25) is 5.43 Å². The maximum atomic E-state index is 13.2. The summed E-state index contributed by atoms with van der Waals surface area (Å²) in [6.07, 6.45) is 5.51. The molecule has 31 heavy (non-hydrogen) atoms. The molecule has 1 atom stereocenters. The van der Waals surface area contributed by atoms with Crippen molar-refractivity contribution in [3.8, 4) is 0 Å². The Labute approximate surface area is 187 Å². The lowest BCUT2D eigenvalue weighted by Gasteiger charge is -2.34. The van der Waals surface area contributed by atoms with Gasteiger partial charge in [-0.1, -0.05) is 19.1 Å². The molecule has 1 fully saturated rings. The first-order valence-corrected chi connectivity index (χ1v) is 11.5. The first-order valence-electron chi connectivity index (χ1n) is 10.6. The minimum atomic E-state index is -0.521. The Morgan fingerprint density at radius 3 is 2.55 bits per heavy atom. The van der Waals surface area contributed by atoms with Crippen LogP contribution in [-0.2, 0) is 6.54 Å². The van der Waals surface area contributed by atoms with E-state index in [2.05, 4.69) is 28.2 Å². The number of nitrogens with zero attached hydrogens (tertiary/aromatic N) is 3. The number of pyridine rings is 1. The Morgan fingerprint density at radius 1 is 1.23 bits per heavy atom. The summed E-state index contributed by atoms with van der Waals surface area (Å²) < 4.78 is 1.80. The van der Waals surface area contributed by atoms with Crippen LogP contribution in [-0.4, -0.2) is 58.9 Å². The van der Waals surface area contributed by atoms with Crippen molar-refractivity contribution < 1.29 is 9.59 Å². The predicted molar refractivity (Wildman–Crippen MR) is 124 cm³/mol. The van der Waals surface area contributed by atoms with E-state index in [0.717, 1.165) is 26.1 Å². The third-order valence-corrected chi connectivity index (χ3v) is 6.51. The highest BCUT2D eigenvalue weighted by Crippen LogP contribution is 2.16. The lowest BCUT2D eigenvalue weighted by atomic mass is 10.1. The predicted octanol–water partition coefficient (Wildman–Crippen LogP) is 2.75. The molecule has 2 aromatic rings. The monoisotopic (exact) mass is 442 g/mol. The van der Waals surface area contributed by atoms with E-state index in [1.807, 2.05) is 19.9 Å². The molecule has 3 heterocycles. The van der Waals surface area contributed by atoms with Crippen molar-refractivity contribution >= 4 is 23.2 Å². The van der Waals surface area contributed by atoms with Gasteiger partial charge >= 0.3 is 0 Å². The van der Waals surface area contributed by atoms with Crippen molar-refractivity contribution in [3.05, 3.63) is 68.8 Å². The van der Waals surface area contributed by atoms with E-state index in [1.165, 1.54) is 4.88 Å². The number of carbonyl (C=O) groups is 2. The van der Waals surface area contributed by atoms with E-state index >= 15 is 0 Å². The minimum absolute atomic E-state index is 0.00988.